The zero-order chi connectivity index (χ0) is 19.6. The molecule has 0 radical (unpaired) electrons. The number of aryl methyl sites for hydroxylation is 1. The van der Waals surface area contributed by atoms with Gasteiger partial charge in [-0.2, -0.15) is 0 Å². The van der Waals surface area contributed by atoms with Crippen LogP contribution in [0.5, 0.6) is 0 Å². The van der Waals surface area contributed by atoms with Crippen LogP contribution in [-0.4, -0.2) is 45.7 Å². The van der Waals surface area contributed by atoms with Crippen LogP contribution in [0.1, 0.15) is 67.8 Å². The Morgan fingerprint density at radius 3 is 2.67 bits per heavy atom. The third-order valence-electron chi connectivity index (χ3n) is 5.10. The van der Waals surface area contributed by atoms with Crippen LogP contribution in [0.3, 0.4) is 0 Å². The molecule has 0 aromatic heterocycles. The molecule has 148 valence electrons. The molecule has 1 aliphatic heterocycles. The van der Waals surface area contributed by atoms with E-state index in [4.69, 9.17) is 5.11 Å². The van der Waals surface area contributed by atoms with Gasteiger partial charge in [0.1, 0.15) is 0 Å². The molecule has 1 aromatic rings. The number of likely N-dealkylation sites (tertiary alicyclic amines) is 1. The van der Waals surface area contributed by atoms with Crippen molar-refractivity contribution >= 4 is 11.9 Å². The van der Waals surface area contributed by atoms with Crippen molar-refractivity contribution in [1.29, 1.82) is 0 Å². The van der Waals surface area contributed by atoms with E-state index in [9.17, 15) is 14.7 Å². The molecule has 5 heteroatoms. The van der Waals surface area contributed by atoms with Crippen molar-refractivity contribution in [3.05, 3.63) is 47.5 Å². The summed E-state index contributed by atoms with van der Waals surface area (Å²) in [6, 6.07) is 6.97. The summed E-state index contributed by atoms with van der Waals surface area (Å²) in [5.41, 5.74) is 1.36. The lowest BCUT2D eigenvalue weighted by molar-refractivity contribution is -0.128. The molecule has 5 nitrogen and oxygen atoms in total. The zero-order valence-corrected chi connectivity index (χ0v) is 16.1. The number of aliphatic hydroxyl groups is 1. The normalized spacial score (nSPS) is 18.4. The number of nitrogens with zero attached hydrogens (tertiary/aromatic N) is 1. The molecule has 27 heavy (non-hydrogen) atoms. The molecule has 2 N–H and O–H groups in total. The van der Waals surface area contributed by atoms with Crippen LogP contribution in [-0.2, 0) is 11.2 Å². The first-order valence-corrected chi connectivity index (χ1v) is 9.99. The summed E-state index contributed by atoms with van der Waals surface area (Å²) in [5.74, 6) is -0.748. The summed E-state index contributed by atoms with van der Waals surface area (Å²) in [6.07, 6.45) is 10.5. The Hall–Kier alpha value is -2.14. The molecule has 1 saturated heterocycles. The number of carbonyl (C=O) groups is 2. The minimum atomic E-state index is -0.921. The van der Waals surface area contributed by atoms with E-state index in [2.05, 4.69) is 6.92 Å². The Morgan fingerprint density at radius 1 is 1.26 bits per heavy atom. The molecule has 2 rings (SSSR count). The van der Waals surface area contributed by atoms with E-state index in [1.165, 1.54) is 0 Å². The Kier molecular flexibility index (Phi) is 8.52. The molecule has 1 fully saturated rings. The van der Waals surface area contributed by atoms with E-state index >= 15 is 0 Å². The minimum absolute atomic E-state index is 0.0766. The molecule has 1 heterocycles. The van der Waals surface area contributed by atoms with Gasteiger partial charge < -0.3 is 15.1 Å². The first-order chi connectivity index (χ1) is 13.0. The maximum Gasteiger partial charge on any atom is 0.335 e. The molecule has 0 saturated carbocycles. The second-order valence-electron chi connectivity index (χ2n) is 7.25. The molecule has 0 bridgehead atoms. The second-order valence-corrected chi connectivity index (χ2v) is 7.25. The van der Waals surface area contributed by atoms with Crippen LogP contribution in [0.25, 0.3) is 0 Å². The Labute approximate surface area is 161 Å². The van der Waals surface area contributed by atoms with Crippen molar-refractivity contribution in [2.24, 2.45) is 0 Å². The van der Waals surface area contributed by atoms with Crippen molar-refractivity contribution in [2.45, 2.75) is 70.4 Å². The SMILES string of the molecule is CCCCC[C@@H](O)C=CC1CCC(=O)N1CCCc1ccc(C(=O)O)cc1. The van der Waals surface area contributed by atoms with Gasteiger partial charge in [0, 0.05) is 13.0 Å². The Balaban J connectivity index is 1.80. The predicted molar refractivity (Wildman–Crippen MR) is 106 cm³/mol. The van der Waals surface area contributed by atoms with E-state index in [1.54, 1.807) is 12.1 Å². The average Bonchev–Trinajstić information content (AvgIpc) is 3.00. The predicted octanol–water partition coefficient (Wildman–Crippen LogP) is 3.81. The molecule has 0 spiro atoms. The second kappa shape index (κ2) is 10.9. The maximum absolute atomic E-state index is 12.2. The number of hydrogen-bond acceptors (Lipinski definition) is 3. The first kappa shape index (κ1) is 21.2. The minimum Gasteiger partial charge on any atom is -0.478 e. The van der Waals surface area contributed by atoms with Crippen LogP contribution < -0.4 is 0 Å². The van der Waals surface area contributed by atoms with E-state index in [0.29, 0.717) is 13.0 Å². The van der Waals surface area contributed by atoms with E-state index < -0.39 is 12.1 Å². The third-order valence-corrected chi connectivity index (χ3v) is 5.10. The molecule has 1 aromatic carbocycles. The smallest absolute Gasteiger partial charge is 0.335 e. The topological polar surface area (TPSA) is 77.8 Å². The summed E-state index contributed by atoms with van der Waals surface area (Å²) in [6.45, 7) is 2.82. The van der Waals surface area contributed by atoms with Crippen LogP contribution in [0.4, 0.5) is 0 Å². The first-order valence-electron chi connectivity index (χ1n) is 9.99. The summed E-state index contributed by atoms with van der Waals surface area (Å²) < 4.78 is 0. The van der Waals surface area contributed by atoms with E-state index in [0.717, 1.165) is 50.5 Å². The van der Waals surface area contributed by atoms with E-state index in [1.807, 2.05) is 29.2 Å². The van der Waals surface area contributed by atoms with Crippen LogP contribution in [0.15, 0.2) is 36.4 Å². The van der Waals surface area contributed by atoms with Gasteiger partial charge >= 0.3 is 5.97 Å². The van der Waals surface area contributed by atoms with Gasteiger partial charge in [-0.1, -0.05) is 50.5 Å². The van der Waals surface area contributed by atoms with Crippen molar-refractivity contribution in [2.75, 3.05) is 6.54 Å². The highest BCUT2D eigenvalue weighted by molar-refractivity contribution is 5.87. The number of benzene rings is 1. The number of carbonyl (C=O) groups excluding carboxylic acids is 1. The van der Waals surface area contributed by atoms with Gasteiger partial charge in [-0.25, -0.2) is 4.79 Å². The number of aromatic carboxylic acids is 1. The summed E-state index contributed by atoms with van der Waals surface area (Å²) in [5, 5.41) is 19.0. The van der Waals surface area contributed by atoms with Crippen LogP contribution >= 0.6 is 0 Å². The van der Waals surface area contributed by atoms with Gasteiger partial charge in [0.25, 0.3) is 0 Å². The molecular weight excluding hydrogens is 342 g/mol. The van der Waals surface area contributed by atoms with Crippen molar-refractivity contribution in [1.82, 2.24) is 4.90 Å². The van der Waals surface area contributed by atoms with Gasteiger partial charge in [-0.05, 0) is 43.4 Å². The maximum atomic E-state index is 12.2. The van der Waals surface area contributed by atoms with Crippen molar-refractivity contribution < 1.29 is 19.8 Å². The van der Waals surface area contributed by atoms with Gasteiger partial charge in [0.15, 0.2) is 0 Å². The highest BCUT2D eigenvalue weighted by Crippen LogP contribution is 2.21. The number of unbranched alkanes of at least 4 members (excludes halogenated alkanes) is 2. The lowest BCUT2D eigenvalue weighted by Crippen LogP contribution is -2.33. The average molecular weight is 373 g/mol. The Morgan fingerprint density at radius 2 is 2.00 bits per heavy atom. The number of rotatable bonds is 11. The number of aliphatic hydroxyl groups excluding tert-OH is 1. The number of hydrogen-bond donors (Lipinski definition) is 2. The third kappa shape index (κ3) is 6.83. The molecule has 2 atom stereocenters. The molecule has 1 aliphatic rings. The van der Waals surface area contributed by atoms with Gasteiger partial charge in [0.2, 0.25) is 5.91 Å². The van der Waals surface area contributed by atoms with E-state index in [-0.39, 0.29) is 17.5 Å². The van der Waals surface area contributed by atoms with Crippen LogP contribution in [0, 0.1) is 0 Å². The van der Waals surface area contributed by atoms with Crippen molar-refractivity contribution in [3.63, 3.8) is 0 Å². The highest BCUT2D eigenvalue weighted by Gasteiger charge is 2.28. The van der Waals surface area contributed by atoms with Gasteiger partial charge in [-0.3, -0.25) is 4.79 Å². The van der Waals surface area contributed by atoms with Crippen molar-refractivity contribution in [3.8, 4) is 0 Å². The summed E-state index contributed by atoms with van der Waals surface area (Å²) in [7, 11) is 0. The molecular formula is C22H31NO4. The fourth-order valence-corrected chi connectivity index (χ4v) is 3.47. The zero-order valence-electron chi connectivity index (χ0n) is 16.1. The number of carboxylic acid groups (broad SMARTS) is 1. The summed E-state index contributed by atoms with van der Waals surface area (Å²) >= 11 is 0. The van der Waals surface area contributed by atoms with Gasteiger partial charge in [-0.15, -0.1) is 0 Å². The monoisotopic (exact) mass is 373 g/mol. The molecule has 0 aliphatic carbocycles. The van der Waals surface area contributed by atoms with Crippen LogP contribution in [0.2, 0.25) is 0 Å². The molecule has 1 unspecified atom stereocenters. The Bertz CT molecular complexity index is 638. The standard InChI is InChI=1S/C22H31NO4/c1-2-3-4-7-20(24)14-12-19-13-15-21(25)23(19)16-5-6-17-8-10-18(11-9-17)22(26)27/h8-12,14,19-20,24H,2-7,13,15-16H2,1H3,(H,26,27)/t19?,20-/m1/s1. The molecule has 1 amide bonds. The largest absolute Gasteiger partial charge is 0.478 e. The highest BCUT2D eigenvalue weighted by atomic mass is 16.4. The quantitative estimate of drug-likeness (QED) is 0.457. The summed E-state index contributed by atoms with van der Waals surface area (Å²) in [4.78, 5) is 25.0. The fourth-order valence-electron chi connectivity index (χ4n) is 3.47. The number of carboxylic acids is 1. The fraction of sp³-hybridized carbons (Fsp3) is 0.545. The lowest BCUT2D eigenvalue weighted by atomic mass is 10.1. The number of amides is 1. The van der Waals surface area contributed by atoms with Gasteiger partial charge in [0.05, 0.1) is 17.7 Å². The lowest BCUT2D eigenvalue weighted by Gasteiger charge is -2.22.